The molecule has 3 rings (SSSR count). The van der Waals surface area contributed by atoms with Crippen molar-refractivity contribution in [3.05, 3.63) is 23.8 Å². The number of imide groups is 1. The molecule has 0 unspecified atom stereocenters. The average molecular weight is 389 g/mol. The molecular weight excluding hydrogens is 362 g/mol. The Morgan fingerprint density at radius 2 is 1.93 bits per heavy atom. The zero-order chi connectivity index (χ0) is 20.5. The quantitative estimate of drug-likeness (QED) is 0.697. The number of benzene rings is 1. The first-order valence-corrected chi connectivity index (χ1v) is 9.54. The van der Waals surface area contributed by atoms with Crippen LogP contribution in [0.1, 0.15) is 46.1 Å². The molecule has 8 nitrogen and oxygen atoms in total. The van der Waals surface area contributed by atoms with Crippen LogP contribution in [0.4, 0.5) is 4.79 Å². The van der Waals surface area contributed by atoms with Crippen molar-refractivity contribution in [1.29, 1.82) is 0 Å². The number of amides is 4. The monoisotopic (exact) mass is 389 g/mol. The molecular formula is C20H27N3O5. The van der Waals surface area contributed by atoms with Crippen LogP contribution in [0.15, 0.2) is 18.2 Å². The van der Waals surface area contributed by atoms with Crippen molar-refractivity contribution in [3.63, 3.8) is 0 Å². The zero-order valence-corrected chi connectivity index (χ0v) is 16.7. The van der Waals surface area contributed by atoms with Gasteiger partial charge in [0.15, 0.2) is 11.5 Å². The molecule has 8 heteroatoms. The van der Waals surface area contributed by atoms with Crippen LogP contribution < -0.4 is 20.1 Å². The number of hydrogen-bond acceptors (Lipinski definition) is 5. The molecule has 0 radical (unpaired) electrons. The third-order valence-electron chi connectivity index (χ3n) is 5.11. The second-order valence-electron chi connectivity index (χ2n) is 7.95. The lowest BCUT2D eigenvalue weighted by Crippen LogP contribution is -2.45. The number of nitrogens with zero attached hydrogens (tertiary/aromatic N) is 1. The summed E-state index contributed by atoms with van der Waals surface area (Å²) in [4.78, 5) is 38.6. The standard InChI is InChI=1S/C20H27N3O5/c1-12(2)5-6-13(3)21-17(24)10-23-18(25)20(4,22-19(23)26)14-7-8-15-16(9-14)28-11-27-15/h7-9,12-13H,5-6,10-11H2,1-4H3,(H,21,24)(H,22,26)/t13-,20+/m0/s1. The Bertz CT molecular complexity index is 794. The molecule has 1 aromatic rings. The second kappa shape index (κ2) is 7.69. The van der Waals surface area contributed by atoms with E-state index in [2.05, 4.69) is 24.5 Å². The summed E-state index contributed by atoms with van der Waals surface area (Å²) in [5, 5.41) is 5.55. The molecule has 0 bridgehead atoms. The molecule has 0 spiro atoms. The van der Waals surface area contributed by atoms with Gasteiger partial charge in [-0.2, -0.15) is 0 Å². The lowest BCUT2D eigenvalue weighted by molar-refractivity contribution is -0.135. The minimum absolute atomic E-state index is 0.0177. The van der Waals surface area contributed by atoms with Gasteiger partial charge >= 0.3 is 6.03 Å². The Kier molecular flexibility index (Phi) is 5.49. The van der Waals surface area contributed by atoms with E-state index in [4.69, 9.17) is 9.47 Å². The average Bonchev–Trinajstić information content (AvgIpc) is 3.18. The normalized spacial score (nSPS) is 21.8. The van der Waals surface area contributed by atoms with Gasteiger partial charge in [0.05, 0.1) is 0 Å². The van der Waals surface area contributed by atoms with Crippen LogP contribution in [-0.4, -0.2) is 42.1 Å². The summed E-state index contributed by atoms with van der Waals surface area (Å²) in [6.45, 7) is 7.60. The summed E-state index contributed by atoms with van der Waals surface area (Å²) >= 11 is 0. The third kappa shape index (κ3) is 3.90. The van der Waals surface area contributed by atoms with Crippen molar-refractivity contribution in [2.24, 2.45) is 5.92 Å². The molecule has 0 saturated carbocycles. The predicted molar refractivity (Wildman–Crippen MR) is 102 cm³/mol. The van der Waals surface area contributed by atoms with Gasteiger partial charge < -0.3 is 20.1 Å². The van der Waals surface area contributed by atoms with Gasteiger partial charge in [-0.15, -0.1) is 0 Å². The van der Waals surface area contributed by atoms with E-state index in [0.717, 1.165) is 17.7 Å². The molecule has 4 amide bonds. The topological polar surface area (TPSA) is 97.0 Å². The summed E-state index contributed by atoms with van der Waals surface area (Å²) in [5.41, 5.74) is -0.690. The lowest BCUT2D eigenvalue weighted by atomic mass is 9.91. The van der Waals surface area contributed by atoms with Crippen LogP contribution in [0, 0.1) is 5.92 Å². The molecule has 1 fully saturated rings. The molecule has 2 atom stereocenters. The molecule has 2 aliphatic rings. The largest absolute Gasteiger partial charge is 0.454 e. The van der Waals surface area contributed by atoms with Crippen molar-refractivity contribution < 1.29 is 23.9 Å². The first kappa shape index (κ1) is 20.0. The Labute approximate surface area is 164 Å². The number of carbonyl (C=O) groups excluding carboxylic acids is 3. The highest BCUT2D eigenvalue weighted by Gasteiger charge is 2.49. The van der Waals surface area contributed by atoms with Crippen LogP contribution in [0.2, 0.25) is 0 Å². The van der Waals surface area contributed by atoms with Gasteiger partial charge in [-0.05, 0) is 50.3 Å². The minimum Gasteiger partial charge on any atom is -0.454 e. The van der Waals surface area contributed by atoms with E-state index in [1.807, 2.05) is 6.92 Å². The van der Waals surface area contributed by atoms with E-state index in [1.54, 1.807) is 25.1 Å². The number of fused-ring (bicyclic) bond motifs is 1. The second-order valence-corrected chi connectivity index (χ2v) is 7.95. The number of hydrogen-bond donors (Lipinski definition) is 2. The minimum atomic E-state index is -1.26. The van der Waals surface area contributed by atoms with Gasteiger partial charge in [0.2, 0.25) is 12.7 Å². The molecule has 28 heavy (non-hydrogen) atoms. The van der Waals surface area contributed by atoms with Gasteiger partial charge in [0, 0.05) is 6.04 Å². The summed E-state index contributed by atoms with van der Waals surface area (Å²) in [7, 11) is 0. The third-order valence-corrected chi connectivity index (χ3v) is 5.11. The number of urea groups is 1. The van der Waals surface area contributed by atoms with E-state index in [9.17, 15) is 14.4 Å². The summed E-state index contributed by atoms with van der Waals surface area (Å²) in [5.74, 6) is 0.843. The van der Waals surface area contributed by atoms with Crippen LogP contribution >= 0.6 is 0 Å². The maximum Gasteiger partial charge on any atom is 0.325 e. The van der Waals surface area contributed by atoms with Crippen LogP contribution in [0.3, 0.4) is 0 Å². The predicted octanol–water partition coefficient (Wildman–Crippen LogP) is 2.12. The van der Waals surface area contributed by atoms with Crippen molar-refractivity contribution in [2.45, 2.75) is 52.1 Å². The maximum atomic E-state index is 13.0. The fourth-order valence-corrected chi connectivity index (χ4v) is 3.36. The zero-order valence-electron chi connectivity index (χ0n) is 16.7. The van der Waals surface area contributed by atoms with Crippen LogP contribution in [-0.2, 0) is 15.1 Å². The van der Waals surface area contributed by atoms with E-state index in [0.29, 0.717) is 23.0 Å². The molecule has 1 aromatic carbocycles. The summed E-state index contributed by atoms with van der Waals surface area (Å²) < 4.78 is 10.6. The number of nitrogens with one attached hydrogen (secondary N) is 2. The van der Waals surface area contributed by atoms with E-state index in [-0.39, 0.29) is 25.3 Å². The SMILES string of the molecule is CC(C)CC[C@H](C)NC(=O)CN1C(=O)N[C@](C)(c2ccc3c(c2)OCO3)C1=O. The van der Waals surface area contributed by atoms with Crippen molar-refractivity contribution >= 4 is 17.8 Å². The smallest absolute Gasteiger partial charge is 0.325 e. The Morgan fingerprint density at radius 3 is 2.64 bits per heavy atom. The Morgan fingerprint density at radius 1 is 1.21 bits per heavy atom. The molecule has 152 valence electrons. The maximum absolute atomic E-state index is 13.0. The molecule has 2 N–H and O–H groups in total. The number of ether oxygens (including phenoxy) is 2. The molecule has 2 aliphatic heterocycles. The molecule has 2 heterocycles. The van der Waals surface area contributed by atoms with Gasteiger partial charge in [-0.25, -0.2) is 4.79 Å². The van der Waals surface area contributed by atoms with Crippen LogP contribution in [0.5, 0.6) is 11.5 Å². The van der Waals surface area contributed by atoms with Crippen LogP contribution in [0.25, 0.3) is 0 Å². The van der Waals surface area contributed by atoms with Crippen molar-refractivity contribution in [1.82, 2.24) is 15.5 Å². The van der Waals surface area contributed by atoms with Crippen molar-refractivity contribution in [2.75, 3.05) is 13.3 Å². The Balaban J connectivity index is 1.67. The van der Waals surface area contributed by atoms with Gasteiger partial charge in [0.25, 0.3) is 5.91 Å². The Hall–Kier alpha value is -2.77. The van der Waals surface area contributed by atoms with E-state index >= 15 is 0 Å². The highest BCUT2D eigenvalue weighted by molar-refractivity contribution is 6.09. The number of rotatable bonds is 7. The van der Waals surface area contributed by atoms with Gasteiger partial charge in [-0.3, -0.25) is 14.5 Å². The van der Waals surface area contributed by atoms with Gasteiger partial charge in [0.1, 0.15) is 12.1 Å². The van der Waals surface area contributed by atoms with Crippen molar-refractivity contribution in [3.8, 4) is 11.5 Å². The first-order valence-electron chi connectivity index (χ1n) is 9.54. The fourth-order valence-electron chi connectivity index (χ4n) is 3.36. The van der Waals surface area contributed by atoms with Gasteiger partial charge in [-0.1, -0.05) is 19.9 Å². The molecule has 0 aromatic heterocycles. The highest BCUT2D eigenvalue weighted by Crippen LogP contribution is 2.37. The fraction of sp³-hybridized carbons (Fsp3) is 0.550. The number of carbonyl (C=O) groups is 3. The molecule has 0 aliphatic carbocycles. The van der Waals surface area contributed by atoms with E-state index in [1.165, 1.54) is 0 Å². The first-order chi connectivity index (χ1) is 13.2. The highest BCUT2D eigenvalue weighted by atomic mass is 16.7. The molecule has 1 saturated heterocycles. The lowest BCUT2D eigenvalue weighted by Gasteiger charge is -2.22. The summed E-state index contributed by atoms with van der Waals surface area (Å²) in [6.07, 6.45) is 1.84. The summed E-state index contributed by atoms with van der Waals surface area (Å²) in [6, 6.07) is 4.49. The van der Waals surface area contributed by atoms with E-state index < -0.39 is 17.5 Å².